The van der Waals surface area contributed by atoms with Crippen LogP contribution in [0, 0.1) is 11.7 Å². The number of benzene rings is 2. The number of halogens is 1. The van der Waals surface area contributed by atoms with Crippen molar-refractivity contribution in [3.8, 4) is 0 Å². The first kappa shape index (κ1) is 18.0. The predicted octanol–water partition coefficient (Wildman–Crippen LogP) is 4.13. The Kier molecular flexibility index (Phi) is 4.64. The van der Waals surface area contributed by atoms with E-state index in [1.807, 2.05) is 44.4 Å². The third kappa shape index (κ3) is 3.31. The largest absolute Gasteiger partial charge is 0.459 e. The van der Waals surface area contributed by atoms with Crippen molar-refractivity contribution in [3.05, 3.63) is 65.5 Å². The SMILES string of the molecule is CSc1ccc(C(O)(c2ccc(F)cc2)C2CC(C)(C)OC2=O)cc1. The third-order valence-corrected chi connectivity index (χ3v) is 5.42. The molecule has 0 saturated carbocycles. The molecule has 2 atom stereocenters. The summed E-state index contributed by atoms with van der Waals surface area (Å²) in [4.78, 5) is 13.6. The number of hydrogen-bond acceptors (Lipinski definition) is 4. The van der Waals surface area contributed by atoms with E-state index in [9.17, 15) is 14.3 Å². The van der Waals surface area contributed by atoms with Crippen molar-refractivity contribution in [2.24, 2.45) is 5.92 Å². The van der Waals surface area contributed by atoms with E-state index in [0.29, 0.717) is 17.5 Å². The third-order valence-electron chi connectivity index (χ3n) is 4.68. The first-order chi connectivity index (χ1) is 11.8. The summed E-state index contributed by atoms with van der Waals surface area (Å²) in [6, 6.07) is 13.1. The number of carbonyl (C=O) groups is 1. The van der Waals surface area contributed by atoms with Gasteiger partial charge >= 0.3 is 5.97 Å². The number of esters is 1. The maximum atomic E-state index is 13.4. The standard InChI is InChI=1S/C20H21FO3S/c1-19(2)12-17(18(22)24-19)20(23,13-4-8-15(21)9-5-13)14-6-10-16(25-3)11-7-14/h4-11,17,23H,12H2,1-3H3. The molecule has 25 heavy (non-hydrogen) atoms. The van der Waals surface area contributed by atoms with Gasteiger partial charge in [0.05, 0.1) is 5.92 Å². The Bertz CT molecular complexity index is 771. The van der Waals surface area contributed by atoms with Gasteiger partial charge in [0.15, 0.2) is 0 Å². The fourth-order valence-electron chi connectivity index (χ4n) is 3.40. The van der Waals surface area contributed by atoms with Gasteiger partial charge in [-0.25, -0.2) is 4.39 Å². The molecule has 1 N–H and O–H groups in total. The lowest BCUT2D eigenvalue weighted by molar-refractivity contribution is -0.152. The van der Waals surface area contributed by atoms with Crippen LogP contribution in [0.3, 0.4) is 0 Å². The summed E-state index contributed by atoms with van der Waals surface area (Å²) in [6.45, 7) is 3.65. The van der Waals surface area contributed by atoms with E-state index in [0.717, 1.165) is 4.90 Å². The minimum absolute atomic E-state index is 0.379. The van der Waals surface area contributed by atoms with Gasteiger partial charge in [0.2, 0.25) is 0 Å². The Morgan fingerprint density at radius 3 is 2.08 bits per heavy atom. The Labute approximate surface area is 151 Å². The van der Waals surface area contributed by atoms with Crippen LogP contribution in [-0.4, -0.2) is 22.9 Å². The van der Waals surface area contributed by atoms with Crippen LogP contribution in [0.1, 0.15) is 31.4 Å². The number of ether oxygens (including phenoxy) is 1. The van der Waals surface area contributed by atoms with Crippen LogP contribution in [-0.2, 0) is 15.1 Å². The molecule has 0 aromatic heterocycles. The molecular formula is C20H21FO3S. The van der Waals surface area contributed by atoms with E-state index >= 15 is 0 Å². The van der Waals surface area contributed by atoms with Gasteiger partial charge in [0.25, 0.3) is 0 Å². The van der Waals surface area contributed by atoms with Gasteiger partial charge in [-0.05, 0) is 55.5 Å². The summed E-state index contributed by atoms with van der Waals surface area (Å²) in [7, 11) is 0. The molecule has 1 heterocycles. The Hall–Kier alpha value is -1.85. The molecule has 1 aliphatic heterocycles. The monoisotopic (exact) mass is 360 g/mol. The lowest BCUT2D eigenvalue weighted by Gasteiger charge is -2.33. The minimum Gasteiger partial charge on any atom is -0.459 e. The molecular weight excluding hydrogens is 339 g/mol. The van der Waals surface area contributed by atoms with Gasteiger partial charge in [-0.3, -0.25) is 4.79 Å². The normalized spacial score (nSPS) is 21.6. The van der Waals surface area contributed by atoms with Gasteiger partial charge in [0.1, 0.15) is 17.0 Å². The molecule has 0 amide bonds. The lowest BCUT2D eigenvalue weighted by Crippen LogP contribution is -2.39. The van der Waals surface area contributed by atoms with Crippen molar-refractivity contribution in [2.75, 3.05) is 6.26 Å². The maximum absolute atomic E-state index is 13.4. The zero-order valence-electron chi connectivity index (χ0n) is 14.5. The van der Waals surface area contributed by atoms with Crippen molar-refractivity contribution < 1.29 is 19.0 Å². The van der Waals surface area contributed by atoms with Crippen LogP contribution >= 0.6 is 11.8 Å². The summed E-state index contributed by atoms with van der Waals surface area (Å²) in [5.74, 6) is -1.59. The highest BCUT2D eigenvalue weighted by molar-refractivity contribution is 7.98. The Morgan fingerprint density at radius 2 is 1.64 bits per heavy atom. The quantitative estimate of drug-likeness (QED) is 0.658. The second-order valence-corrected chi connectivity index (χ2v) is 7.82. The molecule has 0 radical (unpaired) electrons. The fraction of sp³-hybridized carbons (Fsp3) is 0.350. The van der Waals surface area contributed by atoms with Crippen molar-refractivity contribution in [3.63, 3.8) is 0 Å². The van der Waals surface area contributed by atoms with Crippen molar-refractivity contribution in [2.45, 2.75) is 36.4 Å². The highest BCUT2D eigenvalue weighted by Crippen LogP contribution is 2.46. The fourth-order valence-corrected chi connectivity index (χ4v) is 3.80. The van der Waals surface area contributed by atoms with Crippen LogP contribution in [0.25, 0.3) is 0 Å². The van der Waals surface area contributed by atoms with E-state index < -0.39 is 28.9 Å². The van der Waals surface area contributed by atoms with E-state index in [-0.39, 0.29) is 0 Å². The lowest BCUT2D eigenvalue weighted by atomic mass is 9.73. The van der Waals surface area contributed by atoms with E-state index in [1.165, 1.54) is 24.3 Å². The Morgan fingerprint density at radius 1 is 1.12 bits per heavy atom. The molecule has 2 unspecified atom stereocenters. The number of carbonyl (C=O) groups excluding carboxylic acids is 1. The second-order valence-electron chi connectivity index (χ2n) is 6.94. The molecule has 0 aliphatic carbocycles. The highest BCUT2D eigenvalue weighted by atomic mass is 32.2. The molecule has 1 saturated heterocycles. The average Bonchev–Trinajstić information content (AvgIpc) is 2.88. The summed E-state index contributed by atoms with van der Waals surface area (Å²) < 4.78 is 18.8. The van der Waals surface area contributed by atoms with Gasteiger partial charge in [-0.1, -0.05) is 24.3 Å². The molecule has 0 spiro atoms. The number of thioether (sulfide) groups is 1. The van der Waals surface area contributed by atoms with Gasteiger partial charge in [-0.2, -0.15) is 0 Å². The smallest absolute Gasteiger partial charge is 0.313 e. The number of hydrogen-bond donors (Lipinski definition) is 1. The van der Waals surface area contributed by atoms with E-state index in [1.54, 1.807) is 11.8 Å². The van der Waals surface area contributed by atoms with Crippen molar-refractivity contribution >= 4 is 17.7 Å². The average molecular weight is 360 g/mol. The summed E-state index contributed by atoms with van der Waals surface area (Å²) in [5.41, 5.74) is -1.15. The van der Waals surface area contributed by atoms with Gasteiger partial charge in [0, 0.05) is 11.3 Å². The Balaban J connectivity index is 2.13. The molecule has 1 aliphatic rings. The molecule has 3 rings (SSSR count). The van der Waals surface area contributed by atoms with Crippen molar-refractivity contribution in [1.82, 2.24) is 0 Å². The van der Waals surface area contributed by atoms with Crippen molar-refractivity contribution in [1.29, 1.82) is 0 Å². The van der Waals surface area contributed by atoms with Crippen LogP contribution in [0.4, 0.5) is 4.39 Å². The molecule has 2 aromatic carbocycles. The molecule has 2 aromatic rings. The molecule has 0 bridgehead atoms. The van der Waals surface area contributed by atoms with Crippen LogP contribution in [0.15, 0.2) is 53.4 Å². The van der Waals surface area contributed by atoms with Crippen LogP contribution in [0.5, 0.6) is 0 Å². The summed E-state index contributed by atoms with van der Waals surface area (Å²) in [5, 5.41) is 11.7. The summed E-state index contributed by atoms with van der Waals surface area (Å²) >= 11 is 1.60. The zero-order valence-corrected chi connectivity index (χ0v) is 15.3. The first-order valence-electron chi connectivity index (χ1n) is 8.12. The van der Waals surface area contributed by atoms with Crippen LogP contribution < -0.4 is 0 Å². The maximum Gasteiger partial charge on any atom is 0.313 e. The molecule has 5 heteroatoms. The van der Waals surface area contributed by atoms with E-state index in [4.69, 9.17) is 4.74 Å². The second kappa shape index (κ2) is 6.46. The highest BCUT2D eigenvalue weighted by Gasteiger charge is 2.53. The van der Waals surface area contributed by atoms with E-state index in [2.05, 4.69) is 0 Å². The molecule has 1 fully saturated rings. The zero-order chi connectivity index (χ0) is 18.2. The number of cyclic esters (lactones) is 1. The van der Waals surface area contributed by atoms with Crippen LogP contribution in [0.2, 0.25) is 0 Å². The first-order valence-corrected chi connectivity index (χ1v) is 9.34. The van der Waals surface area contributed by atoms with Gasteiger partial charge < -0.3 is 9.84 Å². The summed E-state index contributed by atoms with van der Waals surface area (Å²) in [6.07, 6.45) is 2.35. The number of aliphatic hydroxyl groups is 1. The molecule has 132 valence electrons. The van der Waals surface area contributed by atoms with Gasteiger partial charge in [-0.15, -0.1) is 11.8 Å². The topological polar surface area (TPSA) is 46.5 Å². The molecule has 3 nitrogen and oxygen atoms in total. The predicted molar refractivity (Wildman–Crippen MR) is 95.9 cm³/mol. The number of rotatable bonds is 4. The minimum atomic E-state index is -1.57.